The summed E-state index contributed by atoms with van der Waals surface area (Å²) < 4.78 is 52.9. The van der Waals surface area contributed by atoms with E-state index in [1.807, 2.05) is 6.07 Å². The maximum atomic E-state index is 12.6. The summed E-state index contributed by atoms with van der Waals surface area (Å²) in [6.07, 6.45) is -5.54. The monoisotopic (exact) mass is 455 g/mol. The van der Waals surface area contributed by atoms with E-state index < -0.39 is 30.9 Å². The number of carboxylic acids is 1. The maximum absolute atomic E-state index is 12.6. The number of amides is 1. The summed E-state index contributed by atoms with van der Waals surface area (Å²) in [6.45, 7) is -0.0728. The summed E-state index contributed by atoms with van der Waals surface area (Å²) >= 11 is 0. The van der Waals surface area contributed by atoms with Gasteiger partial charge in [-0.3, -0.25) is 4.79 Å². The van der Waals surface area contributed by atoms with E-state index in [0.717, 1.165) is 5.56 Å². The third-order valence-corrected chi connectivity index (χ3v) is 4.27. The Hall–Kier alpha value is -3.43. The zero-order valence-electron chi connectivity index (χ0n) is 17.4. The van der Waals surface area contributed by atoms with E-state index in [4.69, 9.17) is 19.3 Å². The standard InChI is InChI=1S/C22H24F3NO6/c1-16(13-20(27)28)26(21(29)31-14-17-7-3-2-4-8-17)11-12-30-18-9-5-6-10-19(18)32-15-22(23,24)25/h2-10,16H,11-15H2,1H3,(H,27,28)/t16-/m1/s1. The molecule has 0 aliphatic carbocycles. The van der Waals surface area contributed by atoms with Gasteiger partial charge in [0.25, 0.3) is 0 Å². The molecular weight excluding hydrogens is 431 g/mol. The average Bonchev–Trinajstić information content (AvgIpc) is 2.74. The number of nitrogens with zero attached hydrogens (tertiary/aromatic N) is 1. The summed E-state index contributed by atoms with van der Waals surface area (Å²) in [5, 5.41) is 9.07. The van der Waals surface area contributed by atoms with Crippen molar-refractivity contribution in [3.8, 4) is 11.5 Å². The number of halogens is 3. The van der Waals surface area contributed by atoms with Crippen LogP contribution in [0.3, 0.4) is 0 Å². The van der Waals surface area contributed by atoms with Crippen LogP contribution in [0.1, 0.15) is 18.9 Å². The Kier molecular flexibility index (Phi) is 9.18. The number of hydrogen-bond donors (Lipinski definition) is 1. The van der Waals surface area contributed by atoms with Crippen LogP contribution in [0, 0.1) is 0 Å². The number of rotatable bonds is 11. The number of para-hydroxylation sites is 2. The number of ether oxygens (including phenoxy) is 3. The minimum Gasteiger partial charge on any atom is -0.488 e. The minimum atomic E-state index is -4.50. The number of aliphatic carboxylic acids is 1. The Morgan fingerprint density at radius 1 is 1.00 bits per heavy atom. The highest BCUT2D eigenvalue weighted by Crippen LogP contribution is 2.28. The van der Waals surface area contributed by atoms with Gasteiger partial charge in [-0.1, -0.05) is 42.5 Å². The fourth-order valence-electron chi connectivity index (χ4n) is 2.76. The molecule has 0 spiro atoms. The van der Waals surface area contributed by atoms with Gasteiger partial charge in [0.15, 0.2) is 18.1 Å². The largest absolute Gasteiger partial charge is 0.488 e. The molecule has 0 unspecified atom stereocenters. The molecule has 0 aromatic heterocycles. The molecule has 0 saturated heterocycles. The van der Waals surface area contributed by atoms with Crippen molar-refractivity contribution in [2.75, 3.05) is 19.8 Å². The van der Waals surface area contributed by atoms with Gasteiger partial charge in [0, 0.05) is 6.04 Å². The average molecular weight is 455 g/mol. The first-order valence-electron chi connectivity index (χ1n) is 9.76. The molecule has 2 rings (SSSR count). The van der Waals surface area contributed by atoms with Crippen LogP contribution in [0.25, 0.3) is 0 Å². The second kappa shape index (κ2) is 11.8. The molecule has 0 aliphatic rings. The van der Waals surface area contributed by atoms with Crippen LogP contribution in [-0.2, 0) is 16.1 Å². The van der Waals surface area contributed by atoms with Crippen LogP contribution in [0.4, 0.5) is 18.0 Å². The predicted molar refractivity (Wildman–Crippen MR) is 109 cm³/mol. The lowest BCUT2D eigenvalue weighted by molar-refractivity contribution is -0.153. The normalized spacial score (nSPS) is 12.0. The lowest BCUT2D eigenvalue weighted by atomic mass is 10.2. The second-order valence-corrected chi connectivity index (χ2v) is 6.88. The number of hydrogen-bond acceptors (Lipinski definition) is 5. The van der Waals surface area contributed by atoms with Crippen molar-refractivity contribution >= 4 is 12.1 Å². The van der Waals surface area contributed by atoms with E-state index in [1.54, 1.807) is 37.3 Å². The number of carboxylic acid groups (broad SMARTS) is 1. The Balaban J connectivity index is 1.99. The third kappa shape index (κ3) is 8.75. The summed E-state index contributed by atoms with van der Waals surface area (Å²) in [5.41, 5.74) is 0.763. The SMILES string of the molecule is C[C@H](CC(=O)O)N(CCOc1ccccc1OCC(F)(F)F)C(=O)OCc1ccccc1. The molecule has 0 aliphatic heterocycles. The molecule has 174 valence electrons. The number of benzene rings is 2. The van der Waals surface area contributed by atoms with Crippen LogP contribution in [0.2, 0.25) is 0 Å². The molecule has 0 radical (unpaired) electrons. The van der Waals surface area contributed by atoms with Crippen molar-refractivity contribution in [1.29, 1.82) is 0 Å². The van der Waals surface area contributed by atoms with E-state index in [-0.39, 0.29) is 37.7 Å². The third-order valence-electron chi connectivity index (χ3n) is 4.27. The van der Waals surface area contributed by atoms with Gasteiger partial charge in [-0.15, -0.1) is 0 Å². The van der Waals surface area contributed by atoms with Crippen LogP contribution in [0.15, 0.2) is 54.6 Å². The fourth-order valence-corrected chi connectivity index (χ4v) is 2.76. The topological polar surface area (TPSA) is 85.3 Å². The molecule has 7 nitrogen and oxygen atoms in total. The number of carbonyl (C=O) groups excluding carboxylic acids is 1. The van der Waals surface area contributed by atoms with Crippen molar-refractivity contribution < 1.29 is 42.1 Å². The molecule has 0 fully saturated rings. The maximum Gasteiger partial charge on any atom is 0.422 e. The van der Waals surface area contributed by atoms with Crippen molar-refractivity contribution in [2.45, 2.75) is 32.2 Å². The molecule has 0 bridgehead atoms. The molecular formula is C22H24F3NO6. The van der Waals surface area contributed by atoms with Gasteiger partial charge in [-0.25, -0.2) is 4.79 Å². The Labute approximate surface area is 183 Å². The van der Waals surface area contributed by atoms with E-state index in [9.17, 15) is 22.8 Å². The van der Waals surface area contributed by atoms with Crippen LogP contribution >= 0.6 is 0 Å². The number of carbonyl (C=O) groups is 2. The first-order valence-corrected chi connectivity index (χ1v) is 9.76. The van der Waals surface area contributed by atoms with Gasteiger partial charge in [0.1, 0.15) is 13.2 Å². The lowest BCUT2D eigenvalue weighted by Gasteiger charge is -2.27. The van der Waals surface area contributed by atoms with Gasteiger partial charge < -0.3 is 24.2 Å². The summed E-state index contributed by atoms with van der Waals surface area (Å²) in [6, 6.07) is 14.1. The molecule has 1 atom stereocenters. The zero-order chi connectivity index (χ0) is 23.6. The van der Waals surface area contributed by atoms with E-state index in [0.29, 0.717) is 0 Å². The molecule has 2 aromatic rings. The fraction of sp³-hybridized carbons (Fsp3) is 0.364. The highest BCUT2D eigenvalue weighted by molar-refractivity contribution is 5.71. The Morgan fingerprint density at radius 2 is 1.59 bits per heavy atom. The first kappa shape index (κ1) is 24.8. The van der Waals surface area contributed by atoms with Gasteiger partial charge in [0.2, 0.25) is 0 Å². The highest BCUT2D eigenvalue weighted by Gasteiger charge is 2.29. The molecule has 1 amide bonds. The van der Waals surface area contributed by atoms with E-state index >= 15 is 0 Å². The van der Waals surface area contributed by atoms with E-state index in [1.165, 1.54) is 23.1 Å². The van der Waals surface area contributed by atoms with Crippen molar-refractivity contribution in [2.24, 2.45) is 0 Å². The first-order chi connectivity index (χ1) is 15.2. The van der Waals surface area contributed by atoms with Crippen LogP contribution < -0.4 is 9.47 Å². The molecule has 0 heterocycles. The minimum absolute atomic E-state index is 0.00490. The predicted octanol–water partition coefficient (Wildman–Crippen LogP) is 4.51. The van der Waals surface area contributed by atoms with Crippen LogP contribution in [0.5, 0.6) is 11.5 Å². The van der Waals surface area contributed by atoms with Gasteiger partial charge in [0.05, 0.1) is 13.0 Å². The van der Waals surface area contributed by atoms with Crippen molar-refractivity contribution in [3.63, 3.8) is 0 Å². The van der Waals surface area contributed by atoms with Gasteiger partial charge in [-0.2, -0.15) is 13.2 Å². The molecule has 2 aromatic carbocycles. The van der Waals surface area contributed by atoms with Crippen molar-refractivity contribution in [1.82, 2.24) is 4.90 Å². The lowest BCUT2D eigenvalue weighted by Crippen LogP contribution is -2.42. The molecule has 1 N–H and O–H groups in total. The summed E-state index contributed by atoms with van der Waals surface area (Å²) in [4.78, 5) is 24.9. The zero-order valence-corrected chi connectivity index (χ0v) is 17.4. The highest BCUT2D eigenvalue weighted by atomic mass is 19.4. The molecule has 0 saturated carbocycles. The van der Waals surface area contributed by atoms with Crippen LogP contribution in [-0.4, -0.2) is 54.0 Å². The molecule has 10 heteroatoms. The summed E-state index contributed by atoms with van der Waals surface area (Å²) in [7, 11) is 0. The second-order valence-electron chi connectivity index (χ2n) is 6.88. The Bertz CT molecular complexity index is 875. The van der Waals surface area contributed by atoms with Gasteiger partial charge in [-0.05, 0) is 24.6 Å². The van der Waals surface area contributed by atoms with Gasteiger partial charge >= 0.3 is 18.2 Å². The molecule has 32 heavy (non-hydrogen) atoms. The van der Waals surface area contributed by atoms with E-state index in [2.05, 4.69) is 0 Å². The smallest absolute Gasteiger partial charge is 0.422 e. The number of alkyl halides is 3. The van der Waals surface area contributed by atoms with Crippen molar-refractivity contribution in [3.05, 3.63) is 60.2 Å². The Morgan fingerprint density at radius 3 is 2.19 bits per heavy atom. The summed E-state index contributed by atoms with van der Waals surface area (Å²) in [5.74, 6) is -1.12. The quantitative estimate of drug-likeness (QED) is 0.537.